The van der Waals surface area contributed by atoms with Crippen LogP contribution in [0.15, 0.2) is 47.1 Å². The molecule has 2 aromatic carbocycles. The van der Waals surface area contributed by atoms with Gasteiger partial charge < -0.3 is 9.84 Å². The number of halogens is 4. The Labute approximate surface area is 189 Å². The Balaban J connectivity index is 1.72. The quantitative estimate of drug-likeness (QED) is 0.443. The molecule has 164 valence electrons. The third kappa shape index (κ3) is 4.52. The molecule has 9 heteroatoms. The first kappa shape index (κ1) is 22.0. The van der Waals surface area contributed by atoms with Crippen molar-refractivity contribution >= 4 is 33.0 Å². The molecule has 1 aromatic heterocycles. The molecule has 0 fully saturated rings. The summed E-state index contributed by atoms with van der Waals surface area (Å²) in [6.45, 7) is -0.421. The summed E-state index contributed by atoms with van der Waals surface area (Å²) in [5.74, 6) is -3.82. The zero-order valence-corrected chi connectivity index (χ0v) is 18.1. The molecule has 0 saturated carbocycles. The van der Waals surface area contributed by atoms with Crippen molar-refractivity contribution in [1.29, 1.82) is 0 Å². The smallest absolute Gasteiger partial charge is 0.356 e. The van der Waals surface area contributed by atoms with Gasteiger partial charge in [0, 0.05) is 27.7 Å². The van der Waals surface area contributed by atoms with Gasteiger partial charge in [-0.1, -0.05) is 15.9 Å². The van der Waals surface area contributed by atoms with Crippen LogP contribution < -0.4 is 4.74 Å². The van der Waals surface area contributed by atoms with E-state index in [9.17, 15) is 23.1 Å². The molecular weight excluding hydrogens is 489 g/mol. The van der Waals surface area contributed by atoms with Crippen LogP contribution in [0.1, 0.15) is 46.4 Å². The number of carboxylic acid groups (broad SMARTS) is 1. The maximum atomic E-state index is 14.0. The van der Waals surface area contributed by atoms with Crippen molar-refractivity contribution in [3.63, 3.8) is 0 Å². The minimum Gasteiger partial charge on any atom is -0.488 e. The van der Waals surface area contributed by atoms with Crippen LogP contribution in [-0.4, -0.2) is 21.3 Å². The van der Waals surface area contributed by atoms with Crippen molar-refractivity contribution in [3.05, 3.63) is 86.9 Å². The minimum absolute atomic E-state index is 0.158. The van der Waals surface area contributed by atoms with Gasteiger partial charge in [0.05, 0.1) is 11.8 Å². The summed E-state index contributed by atoms with van der Waals surface area (Å²) >= 11 is 3.44. The first-order valence-corrected chi connectivity index (χ1v) is 10.5. The third-order valence-corrected chi connectivity index (χ3v) is 5.68. The Bertz CT molecular complexity index is 1220. The minimum atomic E-state index is -1.17. The summed E-state index contributed by atoms with van der Waals surface area (Å²) in [5, 5.41) is 16.7. The number of nitrogens with zero attached hydrogens (tertiary/aromatic N) is 2. The number of hydrogen-bond donors (Lipinski definition) is 1. The summed E-state index contributed by atoms with van der Waals surface area (Å²) in [7, 11) is 0. The molecule has 1 N–H and O–H groups in total. The van der Waals surface area contributed by atoms with Crippen molar-refractivity contribution in [2.45, 2.75) is 25.9 Å². The second kappa shape index (κ2) is 9.12. The second-order valence-corrected chi connectivity index (χ2v) is 8.14. The van der Waals surface area contributed by atoms with Crippen molar-refractivity contribution in [1.82, 2.24) is 10.2 Å². The highest BCUT2D eigenvalue weighted by molar-refractivity contribution is 9.10. The van der Waals surface area contributed by atoms with E-state index in [1.165, 1.54) is 12.3 Å². The molecule has 0 saturated heterocycles. The molecule has 0 spiro atoms. The topological polar surface area (TPSA) is 72.3 Å². The number of allylic oxidation sites excluding steroid dienone is 2. The van der Waals surface area contributed by atoms with Crippen LogP contribution in [0.3, 0.4) is 0 Å². The van der Waals surface area contributed by atoms with Gasteiger partial charge in [-0.2, -0.15) is 5.10 Å². The Hall–Kier alpha value is -3.20. The molecule has 0 bridgehead atoms. The maximum absolute atomic E-state index is 14.0. The van der Waals surface area contributed by atoms with Gasteiger partial charge >= 0.3 is 5.97 Å². The predicted molar refractivity (Wildman–Crippen MR) is 114 cm³/mol. The maximum Gasteiger partial charge on any atom is 0.356 e. The highest BCUT2D eigenvalue weighted by Gasteiger charge is 2.23. The predicted octanol–water partition coefficient (Wildman–Crippen LogP) is 6.03. The van der Waals surface area contributed by atoms with Crippen LogP contribution >= 0.6 is 15.9 Å². The summed E-state index contributed by atoms with van der Waals surface area (Å²) in [6, 6.07) is 7.94. The Morgan fingerprint density at radius 1 is 1.06 bits per heavy atom. The van der Waals surface area contributed by atoms with E-state index < -0.39 is 30.0 Å². The zero-order valence-electron chi connectivity index (χ0n) is 16.5. The van der Waals surface area contributed by atoms with Crippen LogP contribution in [0.4, 0.5) is 13.2 Å². The lowest BCUT2D eigenvalue weighted by molar-refractivity contribution is 0.0689. The molecule has 0 amide bonds. The van der Waals surface area contributed by atoms with Gasteiger partial charge in [-0.15, -0.1) is 5.10 Å². The molecule has 3 aromatic rings. The number of hydrogen-bond acceptors (Lipinski definition) is 4. The van der Waals surface area contributed by atoms with Crippen LogP contribution in [0.25, 0.3) is 11.1 Å². The van der Waals surface area contributed by atoms with E-state index in [0.29, 0.717) is 41.9 Å². The molecule has 1 aliphatic carbocycles. The molecule has 5 nitrogen and oxygen atoms in total. The fourth-order valence-corrected chi connectivity index (χ4v) is 4.08. The largest absolute Gasteiger partial charge is 0.488 e. The Morgan fingerprint density at radius 2 is 1.78 bits per heavy atom. The number of aromatic nitrogens is 2. The molecule has 1 heterocycles. The van der Waals surface area contributed by atoms with Crippen molar-refractivity contribution < 1.29 is 27.8 Å². The lowest BCUT2D eigenvalue weighted by Crippen LogP contribution is -2.05. The van der Waals surface area contributed by atoms with Gasteiger partial charge in [0.2, 0.25) is 0 Å². The summed E-state index contributed by atoms with van der Waals surface area (Å²) in [4.78, 5) is 11.3. The molecule has 1 aliphatic rings. The average molecular weight is 505 g/mol. The molecular formula is C23H16BrF3N2O3. The van der Waals surface area contributed by atoms with E-state index in [1.54, 1.807) is 12.1 Å². The third-order valence-electron chi connectivity index (χ3n) is 5.18. The van der Waals surface area contributed by atoms with Crippen molar-refractivity contribution in [2.75, 3.05) is 0 Å². The fourth-order valence-electron chi connectivity index (χ4n) is 3.72. The summed E-state index contributed by atoms with van der Waals surface area (Å²) in [6.07, 6.45) is 3.75. The highest BCUT2D eigenvalue weighted by atomic mass is 79.9. The van der Waals surface area contributed by atoms with Gasteiger partial charge in [-0.05, 0) is 54.7 Å². The molecule has 0 unspecified atom stereocenters. The SMILES string of the molecule is O=C(O)c1cc(C2=C(c3cc(Br)ccc3OCc3c(F)cc(F)cc3F)CCC2)cnn1. The normalized spacial score (nSPS) is 13.5. The Morgan fingerprint density at radius 3 is 2.50 bits per heavy atom. The molecule has 0 atom stereocenters. The number of carboxylic acids is 1. The van der Waals surface area contributed by atoms with Gasteiger partial charge in [0.25, 0.3) is 0 Å². The monoisotopic (exact) mass is 504 g/mol. The number of carbonyl (C=O) groups is 1. The lowest BCUT2D eigenvalue weighted by Gasteiger charge is -2.16. The molecule has 0 radical (unpaired) electrons. The van der Waals surface area contributed by atoms with E-state index in [2.05, 4.69) is 26.1 Å². The van der Waals surface area contributed by atoms with E-state index in [4.69, 9.17) is 4.74 Å². The number of aromatic carboxylic acids is 1. The van der Waals surface area contributed by atoms with Gasteiger partial charge in [0.1, 0.15) is 29.8 Å². The molecule has 4 rings (SSSR count). The second-order valence-electron chi connectivity index (χ2n) is 7.22. The first-order chi connectivity index (χ1) is 15.3. The number of ether oxygens (including phenoxy) is 1. The van der Waals surface area contributed by atoms with Crippen LogP contribution in [-0.2, 0) is 6.61 Å². The van der Waals surface area contributed by atoms with Crippen molar-refractivity contribution in [2.24, 2.45) is 0 Å². The van der Waals surface area contributed by atoms with Gasteiger partial charge in [-0.3, -0.25) is 0 Å². The average Bonchev–Trinajstić information content (AvgIpc) is 3.23. The molecule has 0 aliphatic heterocycles. The van der Waals surface area contributed by atoms with E-state index >= 15 is 0 Å². The van der Waals surface area contributed by atoms with Gasteiger partial charge in [-0.25, -0.2) is 18.0 Å². The first-order valence-electron chi connectivity index (χ1n) is 9.68. The van der Waals surface area contributed by atoms with Crippen LogP contribution in [0, 0.1) is 17.5 Å². The fraction of sp³-hybridized carbons (Fsp3) is 0.174. The van der Waals surface area contributed by atoms with Crippen molar-refractivity contribution in [3.8, 4) is 5.75 Å². The number of benzene rings is 2. The molecule has 32 heavy (non-hydrogen) atoms. The Kier molecular flexibility index (Phi) is 6.27. The van der Waals surface area contributed by atoms with E-state index in [1.807, 2.05) is 6.07 Å². The van der Waals surface area contributed by atoms with Gasteiger partial charge in [0.15, 0.2) is 5.69 Å². The zero-order chi connectivity index (χ0) is 22.8. The highest BCUT2D eigenvalue weighted by Crippen LogP contribution is 2.43. The van der Waals surface area contributed by atoms with Crippen LogP contribution in [0.2, 0.25) is 0 Å². The van der Waals surface area contributed by atoms with Crippen LogP contribution in [0.5, 0.6) is 5.75 Å². The van der Waals surface area contributed by atoms with E-state index in [0.717, 1.165) is 22.0 Å². The standard InChI is InChI=1S/C23H16BrF3N2O3/c24-13-4-5-22(32-11-18-19(26)8-14(25)9-20(18)27)17(7-13)16-3-1-2-15(16)12-6-21(23(30)31)29-28-10-12/h4-10H,1-3,11H2,(H,30,31). The number of rotatable bonds is 6. The summed E-state index contributed by atoms with van der Waals surface area (Å²) < 4.78 is 47.8. The summed E-state index contributed by atoms with van der Waals surface area (Å²) in [5.41, 5.74) is 2.66. The lowest BCUT2D eigenvalue weighted by atomic mass is 9.97. The van der Waals surface area contributed by atoms with E-state index in [-0.39, 0.29) is 11.3 Å².